The highest BCUT2D eigenvalue weighted by atomic mass is 16.5. The Balaban J connectivity index is 1.71. The molecule has 0 amide bonds. The first kappa shape index (κ1) is 14.1. The molecule has 1 unspecified atom stereocenters. The van der Waals surface area contributed by atoms with Crippen LogP contribution in [-0.4, -0.2) is 19.7 Å². The summed E-state index contributed by atoms with van der Waals surface area (Å²) in [5.41, 5.74) is 4.46. The van der Waals surface area contributed by atoms with Crippen molar-refractivity contribution in [2.75, 3.05) is 19.7 Å². The van der Waals surface area contributed by atoms with E-state index in [0.717, 1.165) is 19.7 Å². The van der Waals surface area contributed by atoms with Gasteiger partial charge in [-0.25, -0.2) is 0 Å². The fraction of sp³-hybridized carbons (Fsp3) is 0.667. The highest BCUT2D eigenvalue weighted by Crippen LogP contribution is 2.38. The van der Waals surface area contributed by atoms with E-state index in [4.69, 9.17) is 4.74 Å². The van der Waals surface area contributed by atoms with Gasteiger partial charge >= 0.3 is 0 Å². The second kappa shape index (κ2) is 5.87. The number of benzene rings is 1. The zero-order valence-electron chi connectivity index (χ0n) is 12.9. The number of ether oxygens (including phenoxy) is 1. The Hall–Kier alpha value is -0.860. The molecule has 20 heavy (non-hydrogen) atoms. The largest absolute Gasteiger partial charge is 0.372 e. The van der Waals surface area contributed by atoms with E-state index < -0.39 is 0 Å². The van der Waals surface area contributed by atoms with Crippen molar-refractivity contribution in [3.63, 3.8) is 0 Å². The lowest BCUT2D eigenvalue weighted by Crippen LogP contribution is -2.37. The summed E-state index contributed by atoms with van der Waals surface area (Å²) in [6, 6.07) is 6.74. The summed E-state index contributed by atoms with van der Waals surface area (Å²) in [6.45, 7) is 7.37. The van der Waals surface area contributed by atoms with E-state index in [-0.39, 0.29) is 6.10 Å². The van der Waals surface area contributed by atoms with Crippen molar-refractivity contribution in [3.05, 3.63) is 34.9 Å². The minimum absolute atomic E-state index is 0.218. The fourth-order valence-electron chi connectivity index (χ4n) is 3.66. The Morgan fingerprint density at radius 1 is 1.10 bits per heavy atom. The average molecular weight is 273 g/mol. The van der Waals surface area contributed by atoms with Crippen LogP contribution in [0.1, 0.15) is 54.9 Å². The molecule has 2 nitrogen and oxygen atoms in total. The highest BCUT2D eigenvalue weighted by molar-refractivity contribution is 5.31. The van der Waals surface area contributed by atoms with Gasteiger partial charge in [0, 0.05) is 18.5 Å². The lowest BCUT2D eigenvalue weighted by Gasteiger charge is -2.35. The molecule has 0 aromatic heterocycles. The van der Waals surface area contributed by atoms with Crippen molar-refractivity contribution in [1.82, 2.24) is 5.32 Å². The average Bonchev–Trinajstić information content (AvgIpc) is 2.66. The molecule has 1 atom stereocenters. The lowest BCUT2D eigenvalue weighted by atomic mass is 9.74. The predicted octanol–water partition coefficient (Wildman–Crippen LogP) is 3.91. The Morgan fingerprint density at radius 2 is 1.90 bits per heavy atom. The number of aryl methyl sites for hydroxylation is 2. The van der Waals surface area contributed by atoms with E-state index in [1.54, 1.807) is 0 Å². The van der Waals surface area contributed by atoms with Crippen LogP contribution in [0.3, 0.4) is 0 Å². The van der Waals surface area contributed by atoms with Crippen LogP contribution in [0.2, 0.25) is 0 Å². The summed E-state index contributed by atoms with van der Waals surface area (Å²) in [5.74, 6) is 0. The van der Waals surface area contributed by atoms with Crippen molar-refractivity contribution >= 4 is 0 Å². The van der Waals surface area contributed by atoms with Crippen LogP contribution in [0.25, 0.3) is 0 Å². The van der Waals surface area contributed by atoms with Gasteiger partial charge in [-0.05, 0) is 43.4 Å². The number of rotatable bonds is 1. The highest BCUT2D eigenvalue weighted by Gasteiger charge is 2.35. The maximum Gasteiger partial charge on any atom is 0.0949 e. The lowest BCUT2D eigenvalue weighted by molar-refractivity contribution is -0.00142. The van der Waals surface area contributed by atoms with Crippen LogP contribution in [0.5, 0.6) is 0 Å². The third kappa shape index (κ3) is 2.91. The van der Waals surface area contributed by atoms with Gasteiger partial charge in [-0.1, -0.05) is 37.5 Å². The number of hydrogen-bond donors (Lipinski definition) is 1. The SMILES string of the molecule is Cc1ccc(C2CNCC3(CCCCC3)CO2)cc1C. The fourth-order valence-corrected chi connectivity index (χ4v) is 3.66. The summed E-state index contributed by atoms with van der Waals surface area (Å²) in [4.78, 5) is 0. The van der Waals surface area contributed by atoms with Crippen molar-refractivity contribution in [1.29, 1.82) is 0 Å². The molecule has 1 aliphatic carbocycles. The second-order valence-electron chi connectivity index (χ2n) is 6.83. The van der Waals surface area contributed by atoms with Crippen LogP contribution in [0, 0.1) is 19.3 Å². The van der Waals surface area contributed by atoms with E-state index in [1.165, 1.54) is 48.8 Å². The van der Waals surface area contributed by atoms with Gasteiger partial charge in [-0.15, -0.1) is 0 Å². The maximum atomic E-state index is 6.31. The van der Waals surface area contributed by atoms with Gasteiger partial charge in [-0.2, -0.15) is 0 Å². The number of hydrogen-bond acceptors (Lipinski definition) is 2. The third-order valence-corrected chi connectivity index (χ3v) is 5.24. The Morgan fingerprint density at radius 3 is 2.65 bits per heavy atom. The quantitative estimate of drug-likeness (QED) is 0.837. The first-order chi connectivity index (χ1) is 9.69. The van der Waals surface area contributed by atoms with Crippen molar-refractivity contribution < 1.29 is 4.74 Å². The molecule has 1 aromatic rings. The predicted molar refractivity (Wildman–Crippen MR) is 83.0 cm³/mol. The minimum atomic E-state index is 0.218. The molecule has 2 heteroatoms. The maximum absolute atomic E-state index is 6.31. The van der Waals surface area contributed by atoms with Gasteiger partial charge in [0.05, 0.1) is 12.7 Å². The second-order valence-corrected chi connectivity index (χ2v) is 6.83. The first-order valence-electron chi connectivity index (χ1n) is 8.08. The van der Waals surface area contributed by atoms with Crippen LogP contribution >= 0.6 is 0 Å². The molecule has 2 fully saturated rings. The molecule has 2 aliphatic rings. The summed E-state index contributed by atoms with van der Waals surface area (Å²) < 4.78 is 6.31. The zero-order valence-corrected chi connectivity index (χ0v) is 12.9. The Kier molecular flexibility index (Phi) is 4.13. The van der Waals surface area contributed by atoms with Crippen molar-refractivity contribution in [2.45, 2.75) is 52.1 Å². The Labute approximate surface area is 122 Å². The van der Waals surface area contributed by atoms with E-state index in [2.05, 4.69) is 37.4 Å². The van der Waals surface area contributed by atoms with Gasteiger partial charge in [0.25, 0.3) is 0 Å². The summed E-state index contributed by atoms with van der Waals surface area (Å²) in [6.07, 6.45) is 7.04. The molecular weight excluding hydrogens is 246 g/mol. The molecule has 1 N–H and O–H groups in total. The number of nitrogens with one attached hydrogen (secondary N) is 1. The molecule has 0 radical (unpaired) electrons. The monoisotopic (exact) mass is 273 g/mol. The summed E-state index contributed by atoms with van der Waals surface area (Å²) in [5, 5.41) is 3.67. The minimum Gasteiger partial charge on any atom is -0.372 e. The molecular formula is C18H27NO. The van der Waals surface area contributed by atoms with Crippen LogP contribution in [-0.2, 0) is 4.74 Å². The van der Waals surface area contributed by atoms with Gasteiger partial charge < -0.3 is 10.1 Å². The molecule has 1 aromatic carbocycles. The summed E-state index contributed by atoms with van der Waals surface area (Å²) in [7, 11) is 0. The van der Waals surface area contributed by atoms with Gasteiger partial charge in [0.15, 0.2) is 0 Å². The summed E-state index contributed by atoms with van der Waals surface area (Å²) >= 11 is 0. The van der Waals surface area contributed by atoms with Crippen LogP contribution in [0.15, 0.2) is 18.2 Å². The van der Waals surface area contributed by atoms with E-state index in [0.29, 0.717) is 5.41 Å². The molecule has 1 spiro atoms. The molecule has 1 saturated carbocycles. The molecule has 1 aliphatic heterocycles. The zero-order chi connectivity index (χ0) is 14.0. The molecule has 1 heterocycles. The van der Waals surface area contributed by atoms with E-state index in [1.807, 2.05) is 0 Å². The van der Waals surface area contributed by atoms with Crippen LogP contribution in [0.4, 0.5) is 0 Å². The molecule has 110 valence electrons. The Bertz CT molecular complexity index is 462. The molecule has 1 saturated heterocycles. The van der Waals surface area contributed by atoms with Gasteiger partial charge in [0.1, 0.15) is 0 Å². The van der Waals surface area contributed by atoms with Crippen molar-refractivity contribution in [2.24, 2.45) is 5.41 Å². The third-order valence-electron chi connectivity index (χ3n) is 5.24. The van der Waals surface area contributed by atoms with Crippen molar-refractivity contribution in [3.8, 4) is 0 Å². The van der Waals surface area contributed by atoms with E-state index in [9.17, 15) is 0 Å². The van der Waals surface area contributed by atoms with Gasteiger partial charge in [-0.3, -0.25) is 0 Å². The smallest absolute Gasteiger partial charge is 0.0949 e. The molecule has 0 bridgehead atoms. The topological polar surface area (TPSA) is 21.3 Å². The van der Waals surface area contributed by atoms with Crippen LogP contribution < -0.4 is 5.32 Å². The first-order valence-corrected chi connectivity index (χ1v) is 8.08. The van der Waals surface area contributed by atoms with Gasteiger partial charge in [0.2, 0.25) is 0 Å². The van der Waals surface area contributed by atoms with E-state index >= 15 is 0 Å². The standard InChI is InChI=1S/C18H27NO/c1-14-6-7-16(10-15(14)2)17-11-19-12-18(13-20-17)8-4-3-5-9-18/h6-7,10,17,19H,3-5,8-9,11-13H2,1-2H3. The molecule has 3 rings (SSSR count). The normalized spacial score (nSPS) is 26.4.